The van der Waals surface area contributed by atoms with Crippen molar-refractivity contribution in [3.8, 4) is 0 Å². The first kappa shape index (κ1) is 28.4. The smallest absolute Gasteiger partial charge is 0.299 e. The molecule has 0 bridgehead atoms. The summed E-state index contributed by atoms with van der Waals surface area (Å²) in [6, 6.07) is 1.62. The number of anilines is 1. The molecule has 15 heteroatoms. The Bertz CT molecular complexity index is 1020. The van der Waals surface area contributed by atoms with Gasteiger partial charge in [0.05, 0.1) is 35.4 Å². The Kier molecular flexibility index (Phi) is 9.07. The van der Waals surface area contributed by atoms with E-state index in [0.717, 1.165) is 12.3 Å². The van der Waals surface area contributed by atoms with Gasteiger partial charge < -0.3 is 15.1 Å². The van der Waals surface area contributed by atoms with Crippen LogP contribution in [-0.4, -0.2) is 65.0 Å². The summed E-state index contributed by atoms with van der Waals surface area (Å²) in [7, 11) is -5.95. The molecule has 1 aromatic rings. The molecule has 0 saturated heterocycles. The maximum absolute atomic E-state index is 11.8. The molecule has 0 unspecified atom stereocenters. The summed E-state index contributed by atoms with van der Waals surface area (Å²) in [6.07, 6.45) is 0.859. The van der Waals surface area contributed by atoms with Gasteiger partial charge in [-0.05, 0) is 24.2 Å². The number of nitro groups is 2. The molecule has 0 radical (unpaired) electrons. The number of hydrogen-bond acceptors (Lipinski definition) is 10. The molecule has 13 nitrogen and oxygen atoms in total. The van der Waals surface area contributed by atoms with Gasteiger partial charge in [0.1, 0.15) is 11.3 Å². The maximum Gasteiger partial charge on any atom is 0.299 e. The van der Waals surface area contributed by atoms with E-state index < -0.39 is 51.1 Å². The first-order valence-electron chi connectivity index (χ1n) is 9.87. The van der Waals surface area contributed by atoms with E-state index in [1.165, 1.54) is 4.90 Å². The van der Waals surface area contributed by atoms with E-state index in [9.17, 15) is 33.4 Å². The molecule has 0 heterocycles. The van der Waals surface area contributed by atoms with Crippen molar-refractivity contribution in [2.45, 2.75) is 38.9 Å². The van der Waals surface area contributed by atoms with Crippen LogP contribution in [0.5, 0.6) is 0 Å². The topological polar surface area (TPSA) is 185 Å². The average molecular weight is 507 g/mol. The van der Waals surface area contributed by atoms with Gasteiger partial charge in [0.2, 0.25) is 0 Å². The molecule has 0 spiro atoms. The molecule has 0 atom stereocenters. The zero-order valence-electron chi connectivity index (χ0n) is 19.5. The lowest BCUT2D eigenvalue weighted by Crippen LogP contribution is -2.43. The minimum Gasteiger partial charge on any atom is -0.415 e. The van der Waals surface area contributed by atoms with Crippen LogP contribution >= 0.6 is 0 Å². The average Bonchev–Trinajstić information content (AvgIpc) is 2.63. The summed E-state index contributed by atoms with van der Waals surface area (Å²) >= 11 is 0. The third-order valence-corrected chi connectivity index (χ3v) is 10.5. The van der Waals surface area contributed by atoms with Gasteiger partial charge in [-0.3, -0.25) is 29.2 Å². The van der Waals surface area contributed by atoms with Gasteiger partial charge in [0.15, 0.2) is 8.32 Å². The van der Waals surface area contributed by atoms with E-state index in [4.69, 9.17) is 14.3 Å². The number of carbonyl (C=O) groups excluding carboxylic acids is 1. The molecule has 0 saturated carbocycles. The van der Waals surface area contributed by atoms with Gasteiger partial charge in [-0.15, -0.1) is 0 Å². The van der Waals surface area contributed by atoms with E-state index in [2.05, 4.69) is 0 Å². The van der Waals surface area contributed by atoms with Crippen molar-refractivity contribution >= 4 is 41.4 Å². The number of nitrogens with zero attached hydrogens (tertiary/aromatic N) is 3. The summed E-state index contributed by atoms with van der Waals surface area (Å²) in [5.74, 6) is -1.14. The van der Waals surface area contributed by atoms with Gasteiger partial charge in [0, 0.05) is 13.1 Å². The Hall–Kier alpha value is -2.62. The normalized spacial score (nSPS) is 12.4. The van der Waals surface area contributed by atoms with Crippen LogP contribution in [0.2, 0.25) is 18.1 Å². The SMILES string of the molecule is CC(C)(C)[Si](C)(C)OCCN(CCOS(C)(=O)=O)c1cc(C(N)=O)c([N+](=O)[O-])cc1[N+](=O)[O-]. The van der Waals surface area contributed by atoms with E-state index in [1.54, 1.807) is 0 Å². The lowest BCUT2D eigenvalue weighted by Gasteiger charge is -2.37. The van der Waals surface area contributed by atoms with Crippen LogP contribution in [-0.2, 0) is 18.7 Å². The minimum atomic E-state index is -3.78. The van der Waals surface area contributed by atoms with Gasteiger partial charge >= 0.3 is 0 Å². The Morgan fingerprint density at radius 3 is 2.03 bits per heavy atom. The highest BCUT2D eigenvalue weighted by Gasteiger charge is 2.37. The van der Waals surface area contributed by atoms with Crippen LogP contribution in [0.15, 0.2) is 12.1 Å². The predicted octanol–water partition coefficient (Wildman–Crippen LogP) is 2.41. The number of nitro benzene ring substituents is 2. The van der Waals surface area contributed by atoms with Crippen LogP contribution in [0.25, 0.3) is 0 Å². The number of rotatable bonds is 12. The molecule has 0 aromatic heterocycles. The van der Waals surface area contributed by atoms with Gasteiger partial charge in [-0.1, -0.05) is 20.8 Å². The minimum absolute atomic E-state index is 0.0660. The number of primary amides is 1. The second kappa shape index (κ2) is 10.5. The number of carbonyl (C=O) groups is 1. The van der Waals surface area contributed by atoms with Crippen LogP contribution in [0.3, 0.4) is 0 Å². The lowest BCUT2D eigenvalue weighted by molar-refractivity contribution is -0.393. The number of hydrogen-bond donors (Lipinski definition) is 1. The van der Waals surface area contributed by atoms with Crippen molar-refractivity contribution in [3.63, 3.8) is 0 Å². The summed E-state index contributed by atoms with van der Waals surface area (Å²) in [5.41, 5.74) is 3.15. The maximum atomic E-state index is 11.8. The molecular weight excluding hydrogens is 476 g/mol. The lowest BCUT2D eigenvalue weighted by atomic mass is 10.1. The number of benzene rings is 1. The Balaban J connectivity index is 3.43. The van der Waals surface area contributed by atoms with E-state index in [0.29, 0.717) is 6.07 Å². The molecule has 1 aromatic carbocycles. The Morgan fingerprint density at radius 2 is 1.61 bits per heavy atom. The molecule has 0 aliphatic rings. The summed E-state index contributed by atoms with van der Waals surface area (Å²) in [4.78, 5) is 34.4. The molecule has 33 heavy (non-hydrogen) atoms. The van der Waals surface area contributed by atoms with Crippen LogP contribution in [0.4, 0.5) is 17.1 Å². The van der Waals surface area contributed by atoms with E-state index in [1.807, 2.05) is 33.9 Å². The summed E-state index contributed by atoms with van der Waals surface area (Å²) in [6.45, 7) is 9.87. The summed E-state index contributed by atoms with van der Waals surface area (Å²) < 4.78 is 33.5. The van der Waals surface area contributed by atoms with Crippen LogP contribution in [0, 0.1) is 20.2 Å². The highest BCUT2D eigenvalue weighted by atomic mass is 32.2. The quantitative estimate of drug-likeness (QED) is 0.191. The fraction of sp³-hybridized carbons (Fsp3) is 0.611. The fourth-order valence-electron chi connectivity index (χ4n) is 2.59. The van der Waals surface area contributed by atoms with Gasteiger partial charge in [0.25, 0.3) is 27.4 Å². The third-order valence-electron chi connectivity index (χ3n) is 5.38. The number of nitrogens with two attached hydrogens (primary N) is 1. The van der Waals surface area contributed by atoms with Crippen molar-refractivity contribution in [1.29, 1.82) is 0 Å². The second-order valence-corrected chi connectivity index (χ2v) is 15.3. The zero-order chi connectivity index (χ0) is 25.8. The molecule has 0 aliphatic carbocycles. The van der Waals surface area contributed by atoms with E-state index in [-0.39, 0.29) is 37.0 Å². The molecule has 2 N–H and O–H groups in total. The Labute approximate surface area is 193 Å². The first-order valence-corrected chi connectivity index (χ1v) is 14.6. The van der Waals surface area contributed by atoms with Crippen molar-refractivity contribution in [2.75, 3.05) is 37.5 Å². The van der Waals surface area contributed by atoms with Crippen LogP contribution < -0.4 is 10.6 Å². The fourth-order valence-corrected chi connectivity index (χ4v) is 4.00. The van der Waals surface area contributed by atoms with E-state index >= 15 is 0 Å². The first-order chi connectivity index (χ1) is 14.9. The van der Waals surface area contributed by atoms with Crippen molar-refractivity contribution in [3.05, 3.63) is 37.9 Å². The molecule has 186 valence electrons. The predicted molar refractivity (Wildman–Crippen MR) is 124 cm³/mol. The van der Waals surface area contributed by atoms with Crippen molar-refractivity contribution < 1.29 is 31.7 Å². The highest BCUT2D eigenvalue weighted by molar-refractivity contribution is 7.85. The molecular formula is C18H30N4O9SSi. The van der Waals surface area contributed by atoms with Gasteiger partial charge in [-0.2, -0.15) is 8.42 Å². The standard InChI is InChI=1S/C18H30N4O9SSi/c1-18(2,3)33(5,6)31-10-8-20(7-9-30-32(4,28)29)15-11-13(17(19)23)14(21(24)25)12-16(15)22(26)27/h11-12H,7-10H2,1-6H3,(H2,19,23). The largest absolute Gasteiger partial charge is 0.415 e. The highest BCUT2D eigenvalue weighted by Crippen LogP contribution is 2.37. The van der Waals surface area contributed by atoms with Crippen molar-refractivity contribution in [2.24, 2.45) is 5.73 Å². The summed E-state index contributed by atoms with van der Waals surface area (Å²) in [5, 5.41) is 22.9. The zero-order valence-corrected chi connectivity index (χ0v) is 21.3. The molecule has 0 aliphatic heterocycles. The second-order valence-electron chi connectivity index (χ2n) is 8.86. The monoisotopic (exact) mass is 506 g/mol. The van der Waals surface area contributed by atoms with Crippen LogP contribution in [0.1, 0.15) is 31.1 Å². The molecule has 1 rings (SSSR count). The number of amides is 1. The molecule has 0 fully saturated rings. The third kappa shape index (κ3) is 8.03. The van der Waals surface area contributed by atoms with Crippen molar-refractivity contribution in [1.82, 2.24) is 0 Å². The van der Waals surface area contributed by atoms with Gasteiger partial charge in [-0.25, -0.2) is 0 Å². The Morgan fingerprint density at radius 1 is 1.09 bits per heavy atom. The molecule has 1 amide bonds.